The fourth-order valence-electron chi connectivity index (χ4n) is 3.45. The first-order valence-electron chi connectivity index (χ1n) is 9.03. The predicted octanol–water partition coefficient (Wildman–Crippen LogP) is 3.81. The minimum atomic E-state index is -4.20. The Morgan fingerprint density at radius 2 is 2.14 bits per heavy atom. The summed E-state index contributed by atoms with van der Waals surface area (Å²) in [6.45, 7) is 1.05. The van der Waals surface area contributed by atoms with Crippen LogP contribution in [-0.4, -0.2) is 38.6 Å². The Morgan fingerprint density at radius 3 is 2.96 bits per heavy atom. The van der Waals surface area contributed by atoms with Gasteiger partial charge in [-0.25, -0.2) is 9.97 Å². The summed E-state index contributed by atoms with van der Waals surface area (Å²) < 4.78 is 42.0. The second-order valence-electron chi connectivity index (χ2n) is 6.79. The molecular weight excluding hydrogens is 375 g/mol. The normalized spacial score (nSPS) is 14.5. The second kappa shape index (κ2) is 7.25. The van der Waals surface area contributed by atoms with Gasteiger partial charge < -0.3 is 14.4 Å². The molecule has 4 heterocycles. The van der Waals surface area contributed by atoms with Gasteiger partial charge in [0.25, 0.3) is 0 Å². The first-order valence-corrected chi connectivity index (χ1v) is 9.03. The van der Waals surface area contributed by atoms with Gasteiger partial charge in [-0.2, -0.15) is 13.2 Å². The van der Waals surface area contributed by atoms with Crippen LogP contribution in [-0.2, 0) is 13.0 Å². The van der Waals surface area contributed by atoms with Gasteiger partial charge in [0.1, 0.15) is 23.6 Å². The number of rotatable bonds is 6. The van der Waals surface area contributed by atoms with Crippen molar-refractivity contribution < 1.29 is 22.5 Å². The number of aromatic nitrogens is 4. The molecule has 0 fully saturated rings. The lowest BCUT2D eigenvalue weighted by atomic mass is 10.0. The maximum absolute atomic E-state index is 12.5. The molecule has 0 amide bonds. The highest BCUT2D eigenvalue weighted by atomic mass is 19.4. The number of hydrogen-bond acceptors (Lipinski definition) is 6. The van der Waals surface area contributed by atoms with Crippen molar-refractivity contribution in [1.82, 2.24) is 20.1 Å². The van der Waals surface area contributed by atoms with Gasteiger partial charge in [-0.15, -0.1) is 0 Å². The number of aromatic amines is 1. The van der Waals surface area contributed by atoms with E-state index in [2.05, 4.69) is 20.1 Å². The van der Waals surface area contributed by atoms with Crippen LogP contribution in [0, 0.1) is 0 Å². The Kier molecular flexibility index (Phi) is 4.78. The van der Waals surface area contributed by atoms with E-state index in [9.17, 15) is 18.0 Å². The third-order valence-electron chi connectivity index (χ3n) is 4.84. The van der Waals surface area contributed by atoms with E-state index in [1.165, 1.54) is 6.33 Å². The van der Waals surface area contributed by atoms with E-state index in [-0.39, 0.29) is 30.7 Å². The summed E-state index contributed by atoms with van der Waals surface area (Å²) in [7, 11) is 0. The molecule has 0 radical (unpaired) electrons. The Balaban J connectivity index is 1.48. The molecule has 10 heteroatoms. The fourth-order valence-corrected chi connectivity index (χ4v) is 3.45. The van der Waals surface area contributed by atoms with Gasteiger partial charge in [-0.1, -0.05) is 5.16 Å². The van der Waals surface area contributed by atoms with Crippen molar-refractivity contribution in [2.45, 2.75) is 44.8 Å². The maximum Gasteiger partial charge on any atom is 0.389 e. The number of anilines is 1. The largest absolute Gasteiger partial charge is 0.389 e. The molecule has 0 unspecified atom stereocenters. The molecule has 0 spiro atoms. The van der Waals surface area contributed by atoms with Crippen molar-refractivity contribution in [2.75, 3.05) is 11.4 Å². The number of unbranched alkanes of at least 4 members (excludes halogenated alkanes) is 1. The first-order chi connectivity index (χ1) is 13.4. The minimum absolute atomic E-state index is 0.0185. The summed E-state index contributed by atoms with van der Waals surface area (Å²) in [5.74, 6) is 1.11. The molecule has 1 N–H and O–H groups in total. The number of H-pyrrole nitrogens is 1. The van der Waals surface area contributed by atoms with E-state index in [0.717, 1.165) is 16.9 Å². The quantitative estimate of drug-likeness (QED) is 0.506. The van der Waals surface area contributed by atoms with Gasteiger partial charge in [0.2, 0.25) is 0 Å². The van der Waals surface area contributed by atoms with E-state index in [0.29, 0.717) is 30.8 Å². The van der Waals surface area contributed by atoms with Crippen molar-refractivity contribution in [3.05, 3.63) is 35.6 Å². The fraction of sp³-hybridized carbons (Fsp3) is 0.444. The Hall–Kier alpha value is -2.91. The zero-order valence-electron chi connectivity index (χ0n) is 14.9. The molecule has 0 aliphatic carbocycles. The molecule has 7 nitrogen and oxygen atoms in total. The number of carbonyl (C=O) groups excluding carboxylic acids is 1. The number of Topliss-reactive ketones (excluding diaryl/α,β-unsaturated/α-hetero) is 1. The molecule has 148 valence electrons. The predicted molar refractivity (Wildman–Crippen MR) is 94.0 cm³/mol. The lowest BCUT2D eigenvalue weighted by Crippen LogP contribution is -2.31. The van der Waals surface area contributed by atoms with Crippen molar-refractivity contribution in [1.29, 1.82) is 0 Å². The van der Waals surface area contributed by atoms with Crippen LogP contribution in [0.2, 0.25) is 0 Å². The topological polar surface area (TPSA) is 87.9 Å². The van der Waals surface area contributed by atoms with Crippen LogP contribution in [0.3, 0.4) is 0 Å². The van der Waals surface area contributed by atoms with Gasteiger partial charge >= 0.3 is 6.18 Å². The highest BCUT2D eigenvalue weighted by Crippen LogP contribution is 2.30. The van der Waals surface area contributed by atoms with Crippen molar-refractivity contribution in [3.63, 3.8) is 0 Å². The summed E-state index contributed by atoms with van der Waals surface area (Å²) in [5, 5.41) is 4.77. The number of nitrogens with one attached hydrogen (secondary N) is 1. The van der Waals surface area contributed by atoms with E-state index in [1.807, 2.05) is 11.0 Å². The van der Waals surface area contributed by atoms with Crippen LogP contribution in [0.4, 0.5) is 19.0 Å². The smallest absolute Gasteiger partial charge is 0.360 e. The Labute approximate surface area is 157 Å². The monoisotopic (exact) mass is 393 g/mol. The lowest BCUT2D eigenvalue weighted by molar-refractivity contribution is -0.135. The van der Waals surface area contributed by atoms with Gasteiger partial charge in [-0.3, -0.25) is 4.79 Å². The van der Waals surface area contributed by atoms with Crippen LogP contribution in [0.15, 0.2) is 23.1 Å². The molecule has 1 aliphatic rings. The van der Waals surface area contributed by atoms with Gasteiger partial charge in [0.15, 0.2) is 11.5 Å². The van der Waals surface area contributed by atoms with E-state index in [4.69, 9.17) is 4.52 Å². The van der Waals surface area contributed by atoms with Crippen molar-refractivity contribution in [2.24, 2.45) is 0 Å². The van der Waals surface area contributed by atoms with E-state index < -0.39 is 12.6 Å². The second-order valence-corrected chi connectivity index (χ2v) is 6.79. The van der Waals surface area contributed by atoms with E-state index >= 15 is 0 Å². The van der Waals surface area contributed by atoms with Crippen LogP contribution in [0.25, 0.3) is 11.0 Å². The number of fused-ring (bicyclic) bond motifs is 2. The molecule has 0 saturated heterocycles. The molecule has 0 aromatic carbocycles. The van der Waals surface area contributed by atoms with E-state index in [1.54, 1.807) is 6.20 Å². The third-order valence-corrected chi connectivity index (χ3v) is 4.84. The van der Waals surface area contributed by atoms with Crippen LogP contribution >= 0.6 is 0 Å². The third kappa shape index (κ3) is 3.71. The molecule has 4 rings (SSSR count). The van der Waals surface area contributed by atoms with Crippen LogP contribution in [0.5, 0.6) is 0 Å². The molecular formula is C18H18F3N5O2. The summed E-state index contributed by atoms with van der Waals surface area (Å²) in [6, 6.07) is 1.89. The number of halogens is 3. The van der Waals surface area contributed by atoms with Crippen LogP contribution < -0.4 is 4.90 Å². The van der Waals surface area contributed by atoms with Gasteiger partial charge in [0.05, 0.1) is 11.9 Å². The van der Waals surface area contributed by atoms with Gasteiger partial charge in [-0.05, 0) is 18.9 Å². The summed E-state index contributed by atoms with van der Waals surface area (Å²) in [5.41, 5.74) is 1.63. The number of ketones is 1. The zero-order valence-corrected chi connectivity index (χ0v) is 14.9. The molecule has 3 aromatic heterocycles. The van der Waals surface area contributed by atoms with Gasteiger partial charge in [0, 0.05) is 37.6 Å². The summed E-state index contributed by atoms with van der Waals surface area (Å²) >= 11 is 0. The summed E-state index contributed by atoms with van der Waals surface area (Å²) in [6.07, 6.45) is -1.14. The van der Waals surface area contributed by atoms with Crippen LogP contribution in [0.1, 0.15) is 47.5 Å². The molecule has 0 bridgehead atoms. The molecule has 0 atom stereocenters. The Morgan fingerprint density at radius 1 is 1.29 bits per heavy atom. The Bertz CT molecular complexity index is 995. The maximum atomic E-state index is 12.5. The average molecular weight is 393 g/mol. The number of carbonyl (C=O) groups is 1. The highest BCUT2D eigenvalue weighted by molar-refractivity contribution is 5.96. The molecule has 1 aliphatic heterocycles. The standard InChI is InChI=1S/C18H18F3N5O2/c19-18(20,21)6-2-1-3-13(27)15-12-9-26(8-5-14(12)28-25-15)17-11-4-7-22-16(11)23-10-24-17/h4,7,10H,1-3,5-6,8-9H2,(H,22,23,24). The SMILES string of the molecule is O=C(CCCCC(F)(F)F)c1noc2c1CN(c1ncnc3[nH]ccc13)CC2. The van der Waals surface area contributed by atoms with Crippen molar-refractivity contribution >= 4 is 22.6 Å². The molecule has 28 heavy (non-hydrogen) atoms. The number of nitrogens with zero attached hydrogens (tertiary/aromatic N) is 4. The first kappa shape index (κ1) is 18.5. The van der Waals surface area contributed by atoms with Crippen molar-refractivity contribution in [3.8, 4) is 0 Å². The molecule has 3 aromatic rings. The number of alkyl halides is 3. The highest BCUT2D eigenvalue weighted by Gasteiger charge is 2.29. The zero-order chi connectivity index (χ0) is 19.7. The molecule has 0 saturated carbocycles. The summed E-state index contributed by atoms with van der Waals surface area (Å²) in [4.78, 5) is 26.1. The lowest BCUT2D eigenvalue weighted by Gasteiger charge is -2.27. The number of hydrogen-bond donors (Lipinski definition) is 1. The average Bonchev–Trinajstić information content (AvgIpc) is 3.30. The minimum Gasteiger partial charge on any atom is -0.360 e.